The zero-order chi connectivity index (χ0) is 14.0. The highest BCUT2D eigenvalue weighted by Crippen LogP contribution is 2.29. The van der Waals surface area contributed by atoms with E-state index in [1.807, 2.05) is 0 Å². The van der Waals surface area contributed by atoms with Crippen LogP contribution in [0.15, 0.2) is 9.42 Å². The Kier molecular flexibility index (Phi) is 6.00. The highest BCUT2D eigenvalue weighted by molar-refractivity contribution is 7.89. The van der Waals surface area contributed by atoms with E-state index in [4.69, 9.17) is 10.3 Å². The molecule has 8 heteroatoms. The number of hydrogen-bond donors (Lipinski definition) is 1. The summed E-state index contributed by atoms with van der Waals surface area (Å²) < 4.78 is 32.1. The third kappa shape index (κ3) is 3.16. The Morgan fingerprint density at radius 3 is 2.65 bits per heavy atom. The highest BCUT2D eigenvalue weighted by atomic mass is 35.5. The molecular weight excluding hydrogens is 302 g/mol. The molecule has 1 unspecified atom stereocenters. The van der Waals surface area contributed by atoms with Gasteiger partial charge in [0.05, 0.1) is 0 Å². The Bertz CT molecular complexity index is 523. The van der Waals surface area contributed by atoms with Crippen LogP contribution >= 0.6 is 12.4 Å². The van der Waals surface area contributed by atoms with E-state index in [0.717, 1.165) is 19.3 Å². The molecule has 1 aromatic rings. The van der Waals surface area contributed by atoms with E-state index < -0.39 is 10.0 Å². The van der Waals surface area contributed by atoms with Crippen LogP contribution < -0.4 is 5.73 Å². The lowest BCUT2D eigenvalue weighted by atomic mass is 10.0. The summed E-state index contributed by atoms with van der Waals surface area (Å²) in [7, 11) is -3.53. The Hall–Kier alpha value is -0.630. The van der Waals surface area contributed by atoms with E-state index in [1.165, 1.54) is 0 Å². The number of sulfonamides is 1. The number of aromatic nitrogens is 1. The lowest BCUT2D eigenvalue weighted by Gasteiger charge is -2.34. The minimum absolute atomic E-state index is 0. The van der Waals surface area contributed by atoms with Crippen LogP contribution in [0.4, 0.5) is 0 Å². The van der Waals surface area contributed by atoms with Gasteiger partial charge in [-0.05, 0) is 39.7 Å². The molecule has 6 nitrogen and oxygen atoms in total. The number of aryl methyl sites for hydroxylation is 2. The molecule has 0 aromatic carbocycles. The van der Waals surface area contributed by atoms with E-state index in [2.05, 4.69) is 5.16 Å². The van der Waals surface area contributed by atoms with Crippen LogP contribution in [-0.4, -0.2) is 37.0 Å². The molecule has 0 spiro atoms. The van der Waals surface area contributed by atoms with Crippen LogP contribution in [-0.2, 0) is 10.0 Å². The summed E-state index contributed by atoms with van der Waals surface area (Å²) in [4.78, 5) is 0.219. The molecule has 0 amide bonds. The molecule has 2 heterocycles. The number of piperidine rings is 1. The number of halogens is 1. The first-order chi connectivity index (χ1) is 8.98. The monoisotopic (exact) mass is 323 g/mol. The van der Waals surface area contributed by atoms with Gasteiger partial charge in [-0.15, -0.1) is 12.4 Å². The average Bonchev–Trinajstić information content (AvgIpc) is 2.70. The van der Waals surface area contributed by atoms with Crippen molar-refractivity contribution in [1.82, 2.24) is 9.46 Å². The van der Waals surface area contributed by atoms with Gasteiger partial charge in [-0.3, -0.25) is 0 Å². The number of rotatable bonds is 4. The molecule has 0 aliphatic carbocycles. The molecule has 1 aliphatic heterocycles. The molecule has 0 bridgehead atoms. The third-order valence-corrected chi connectivity index (χ3v) is 5.80. The summed E-state index contributed by atoms with van der Waals surface area (Å²) in [6, 6.07) is -0.00236. The molecule has 2 N–H and O–H groups in total. The minimum Gasteiger partial charge on any atom is -0.360 e. The van der Waals surface area contributed by atoms with E-state index in [9.17, 15) is 8.42 Å². The molecule has 1 aromatic heterocycles. The highest BCUT2D eigenvalue weighted by Gasteiger charge is 2.36. The fraction of sp³-hybridized carbons (Fsp3) is 0.750. The maximum Gasteiger partial charge on any atom is 0.248 e. The van der Waals surface area contributed by atoms with Crippen molar-refractivity contribution in [3.8, 4) is 0 Å². The van der Waals surface area contributed by atoms with Gasteiger partial charge >= 0.3 is 0 Å². The number of hydrogen-bond acceptors (Lipinski definition) is 5. The van der Waals surface area contributed by atoms with Crippen LogP contribution in [0.5, 0.6) is 0 Å². The quantitative estimate of drug-likeness (QED) is 0.909. The van der Waals surface area contributed by atoms with Crippen molar-refractivity contribution in [3.05, 3.63) is 11.5 Å². The second kappa shape index (κ2) is 6.89. The fourth-order valence-corrected chi connectivity index (χ4v) is 4.75. The summed E-state index contributed by atoms with van der Waals surface area (Å²) >= 11 is 0. The molecule has 20 heavy (non-hydrogen) atoms. The van der Waals surface area contributed by atoms with E-state index in [0.29, 0.717) is 31.0 Å². The molecule has 1 atom stereocenters. The van der Waals surface area contributed by atoms with Crippen LogP contribution in [0.25, 0.3) is 0 Å². The predicted molar refractivity (Wildman–Crippen MR) is 78.4 cm³/mol. The van der Waals surface area contributed by atoms with Crippen LogP contribution in [0.1, 0.15) is 37.1 Å². The van der Waals surface area contributed by atoms with Crippen molar-refractivity contribution in [1.29, 1.82) is 0 Å². The van der Waals surface area contributed by atoms with Gasteiger partial charge in [-0.25, -0.2) is 8.42 Å². The van der Waals surface area contributed by atoms with Crippen molar-refractivity contribution in [2.24, 2.45) is 5.73 Å². The van der Waals surface area contributed by atoms with E-state index >= 15 is 0 Å². The second-order valence-corrected chi connectivity index (χ2v) is 6.82. The largest absolute Gasteiger partial charge is 0.360 e. The van der Waals surface area contributed by atoms with Crippen molar-refractivity contribution in [3.63, 3.8) is 0 Å². The van der Waals surface area contributed by atoms with Gasteiger partial charge in [0, 0.05) is 12.6 Å². The lowest BCUT2D eigenvalue weighted by molar-refractivity contribution is 0.243. The zero-order valence-corrected chi connectivity index (χ0v) is 13.5. The number of nitrogens with two attached hydrogens (primary N) is 1. The maximum atomic E-state index is 12.8. The summed E-state index contributed by atoms with van der Waals surface area (Å²) in [5.74, 6) is 0.356. The first-order valence-electron chi connectivity index (χ1n) is 6.63. The average molecular weight is 324 g/mol. The third-order valence-electron chi connectivity index (χ3n) is 3.61. The Morgan fingerprint density at radius 1 is 1.40 bits per heavy atom. The molecule has 116 valence electrons. The molecule has 0 saturated carbocycles. The molecule has 1 saturated heterocycles. The van der Waals surface area contributed by atoms with Gasteiger partial charge in [0.1, 0.15) is 10.6 Å². The van der Waals surface area contributed by atoms with Gasteiger partial charge in [0.2, 0.25) is 10.0 Å². The predicted octanol–water partition coefficient (Wildman–Crippen LogP) is 1.61. The smallest absolute Gasteiger partial charge is 0.248 e. The molecule has 1 aliphatic rings. The number of nitrogens with zero attached hydrogens (tertiary/aromatic N) is 2. The Balaban J connectivity index is 0.00000200. The van der Waals surface area contributed by atoms with Crippen LogP contribution in [0.2, 0.25) is 0 Å². The zero-order valence-electron chi connectivity index (χ0n) is 11.8. The lowest BCUT2D eigenvalue weighted by Crippen LogP contribution is -2.44. The van der Waals surface area contributed by atoms with Crippen LogP contribution in [0, 0.1) is 13.8 Å². The SMILES string of the molecule is Cc1noc(C)c1S(=O)(=O)N1CCCCC1CCN.Cl. The maximum absolute atomic E-state index is 12.8. The molecular formula is C12H22ClN3O3S. The van der Waals surface area contributed by atoms with Crippen molar-refractivity contribution in [2.45, 2.75) is 50.5 Å². The second-order valence-electron chi connectivity index (χ2n) is 5.00. The first kappa shape index (κ1) is 17.4. The Morgan fingerprint density at radius 2 is 2.10 bits per heavy atom. The minimum atomic E-state index is -3.53. The van der Waals surface area contributed by atoms with Gasteiger partial charge in [0.15, 0.2) is 5.76 Å². The summed E-state index contributed by atoms with van der Waals surface area (Å²) in [6.45, 7) is 4.34. The fourth-order valence-electron chi connectivity index (χ4n) is 2.73. The van der Waals surface area contributed by atoms with Crippen molar-refractivity contribution >= 4 is 22.4 Å². The summed E-state index contributed by atoms with van der Waals surface area (Å²) in [5.41, 5.74) is 6.02. The molecule has 1 fully saturated rings. The normalized spacial score (nSPS) is 20.6. The standard InChI is InChI=1S/C12H21N3O3S.ClH/c1-9-12(10(2)18-14-9)19(16,17)15-8-4-3-5-11(15)6-7-13;/h11H,3-8,13H2,1-2H3;1H. The van der Waals surface area contributed by atoms with Gasteiger partial charge in [0.25, 0.3) is 0 Å². The summed E-state index contributed by atoms with van der Waals surface area (Å²) in [6.07, 6.45) is 3.52. The topological polar surface area (TPSA) is 89.4 Å². The summed E-state index contributed by atoms with van der Waals surface area (Å²) in [5, 5.41) is 3.74. The van der Waals surface area contributed by atoms with Gasteiger partial charge in [-0.2, -0.15) is 4.31 Å². The molecule has 2 rings (SSSR count). The first-order valence-corrected chi connectivity index (χ1v) is 8.07. The Labute approximate surface area is 126 Å². The van der Waals surface area contributed by atoms with Crippen LogP contribution in [0.3, 0.4) is 0 Å². The van der Waals surface area contributed by atoms with Crippen molar-refractivity contribution in [2.75, 3.05) is 13.1 Å². The van der Waals surface area contributed by atoms with Gasteiger partial charge in [-0.1, -0.05) is 11.6 Å². The van der Waals surface area contributed by atoms with Gasteiger partial charge < -0.3 is 10.3 Å². The molecule has 0 radical (unpaired) electrons. The van der Waals surface area contributed by atoms with E-state index in [1.54, 1.807) is 18.2 Å². The van der Waals surface area contributed by atoms with E-state index in [-0.39, 0.29) is 23.3 Å². The van der Waals surface area contributed by atoms with Crippen molar-refractivity contribution < 1.29 is 12.9 Å².